The molecule has 1 unspecified atom stereocenters. The molecule has 1 aromatic rings. The van der Waals surface area contributed by atoms with E-state index in [0.717, 1.165) is 44.0 Å². The van der Waals surface area contributed by atoms with Crippen LogP contribution in [0.15, 0.2) is 24.3 Å². The van der Waals surface area contributed by atoms with Crippen LogP contribution in [0.3, 0.4) is 0 Å². The van der Waals surface area contributed by atoms with E-state index in [9.17, 15) is 5.11 Å². The third-order valence-corrected chi connectivity index (χ3v) is 3.98. The average molecular weight is 279 g/mol. The molecule has 0 radical (unpaired) electrons. The van der Waals surface area contributed by atoms with E-state index in [1.165, 1.54) is 0 Å². The van der Waals surface area contributed by atoms with Gasteiger partial charge in [0, 0.05) is 25.1 Å². The normalized spacial score (nSPS) is 23.6. The van der Waals surface area contributed by atoms with Crippen molar-refractivity contribution in [3.05, 3.63) is 24.3 Å². The third kappa shape index (κ3) is 4.12. The molecule has 0 amide bonds. The Morgan fingerprint density at radius 1 is 1.25 bits per heavy atom. The summed E-state index contributed by atoms with van der Waals surface area (Å²) in [5.41, 5.74) is 0.0539. The number of nitrogens with zero attached hydrogens (tertiary/aromatic N) is 1. The van der Waals surface area contributed by atoms with Crippen molar-refractivity contribution >= 4 is 0 Å². The van der Waals surface area contributed by atoms with Gasteiger partial charge in [-0.3, -0.25) is 4.90 Å². The van der Waals surface area contributed by atoms with E-state index in [2.05, 4.69) is 11.8 Å². The van der Waals surface area contributed by atoms with Gasteiger partial charge in [0.05, 0.1) is 7.11 Å². The number of likely N-dealkylation sites (tertiary alicyclic amines) is 1. The minimum atomic E-state index is 0.0539. The fourth-order valence-electron chi connectivity index (χ4n) is 2.71. The molecule has 0 aliphatic carbocycles. The fraction of sp³-hybridized carbons (Fsp3) is 0.625. The molecule has 1 aliphatic heterocycles. The molecule has 1 heterocycles. The Morgan fingerprint density at radius 3 is 2.60 bits per heavy atom. The third-order valence-electron chi connectivity index (χ3n) is 3.98. The van der Waals surface area contributed by atoms with Crippen molar-refractivity contribution < 1.29 is 14.6 Å². The van der Waals surface area contributed by atoms with Gasteiger partial charge in [-0.05, 0) is 43.7 Å². The zero-order chi connectivity index (χ0) is 14.4. The highest BCUT2D eigenvalue weighted by Gasteiger charge is 2.29. The topological polar surface area (TPSA) is 41.9 Å². The Morgan fingerprint density at radius 2 is 1.95 bits per heavy atom. The second kappa shape index (κ2) is 6.95. The van der Waals surface area contributed by atoms with Crippen LogP contribution in [0.25, 0.3) is 0 Å². The summed E-state index contributed by atoms with van der Waals surface area (Å²) in [7, 11) is 1.66. The number of aliphatic hydroxyl groups is 1. The Hall–Kier alpha value is -1.26. The highest BCUT2D eigenvalue weighted by molar-refractivity contribution is 5.31. The van der Waals surface area contributed by atoms with E-state index < -0.39 is 0 Å². The molecule has 1 atom stereocenters. The Bertz CT molecular complexity index is 407. The van der Waals surface area contributed by atoms with Crippen LogP contribution in [-0.2, 0) is 0 Å². The molecule has 2 rings (SSSR count). The lowest BCUT2D eigenvalue weighted by atomic mass is 9.83. The van der Waals surface area contributed by atoms with Gasteiger partial charge in [0.25, 0.3) is 0 Å². The van der Waals surface area contributed by atoms with E-state index in [-0.39, 0.29) is 12.0 Å². The van der Waals surface area contributed by atoms with Gasteiger partial charge >= 0.3 is 0 Å². The first-order valence-electron chi connectivity index (χ1n) is 7.25. The van der Waals surface area contributed by atoms with E-state index in [4.69, 9.17) is 9.47 Å². The predicted octanol–water partition coefficient (Wildman–Crippen LogP) is 2.17. The van der Waals surface area contributed by atoms with Gasteiger partial charge in [0.15, 0.2) is 0 Å². The van der Waals surface area contributed by atoms with E-state index in [1.807, 2.05) is 24.3 Å². The predicted molar refractivity (Wildman–Crippen MR) is 79.4 cm³/mol. The standard InChI is InChI=1S/C16H25NO3/c1-16(13-18)8-3-9-17(12-16)10-11-20-15-6-4-14(19-2)5-7-15/h4-7,18H,3,8-13H2,1-2H3. The van der Waals surface area contributed by atoms with Crippen molar-refractivity contribution in [3.63, 3.8) is 0 Å². The highest BCUT2D eigenvalue weighted by Crippen LogP contribution is 2.28. The maximum absolute atomic E-state index is 9.45. The fourth-order valence-corrected chi connectivity index (χ4v) is 2.71. The molecule has 0 saturated carbocycles. The summed E-state index contributed by atoms with van der Waals surface area (Å²) < 4.78 is 10.9. The zero-order valence-corrected chi connectivity index (χ0v) is 12.5. The van der Waals surface area contributed by atoms with Crippen molar-refractivity contribution in [2.24, 2.45) is 5.41 Å². The second-order valence-corrected chi connectivity index (χ2v) is 5.87. The van der Waals surface area contributed by atoms with Crippen LogP contribution in [0.4, 0.5) is 0 Å². The number of hydrogen-bond donors (Lipinski definition) is 1. The minimum absolute atomic E-state index is 0.0539. The number of hydrogen-bond acceptors (Lipinski definition) is 4. The van der Waals surface area contributed by atoms with E-state index in [0.29, 0.717) is 6.61 Å². The van der Waals surface area contributed by atoms with E-state index in [1.54, 1.807) is 7.11 Å². The molecular formula is C16H25NO3. The smallest absolute Gasteiger partial charge is 0.119 e. The van der Waals surface area contributed by atoms with Crippen molar-refractivity contribution in [2.45, 2.75) is 19.8 Å². The summed E-state index contributed by atoms with van der Waals surface area (Å²) in [6, 6.07) is 7.65. The Balaban J connectivity index is 1.75. The molecular weight excluding hydrogens is 254 g/mol. The quantitative estimate of drug-likeness (QED) is 0.866. The summed E-state index contributed by atoms with van der Waals surface area (Å²) in [5, 5.41) is 9.45. The minimum Gasteiger partial charge on any atom is -0.497 e. The number of rotatable bonds is 6. The summed E-state index contributed by atoms with van der Waals surface area (Å²) >= 11 is 0. The molecule has 0 spiro atoms. The van der Waals surface area contributed by atoms with E-state index >= 15 is 0 Å². The first-order valence-corrected chi connectivity index (χ1v) is 7.25. The molecule has 1 aliphatic rings. The molecule has 1 N–H and O–H groups in total. The van der Waals surface area contributed by atoms with Gasteiger partial charge in [-0.15, -0.1) is 0 Å². The SMILES string of the molecule is COc1ccc(OCCN2CCCC(C)(CO)C2)cc1. The average Bonchev–Trinajstić information content (AvgIpc) is 2.48. The number of aliphatic hydroxyl groups excluding tert-OH is 1. The number of benzene rings is 1. The van der Waals surface area contributed by atoms with Crippen molar-refractivity contribution in [3.8, 4) is 11.5 Å². The van der Waals surface area contributed by atoms with Crippen molar-refractivity contribution in [1.82, 2.24) is 4.90 Å². The van der Waals surface area contributed by atoms with Crippen molar-refractivity contribution in [1.29, 1.82) is 0 Å². The number of ether oxygens (including phenoxy) is 2. The zero-order valence-electron chi connectivity index (χ0n) is 12.5. The Labute approximate surface area is 121 Å². The molecule has 1 fully saturated rings. The van der Waals surface area contributed by atoms with Gasteiger partial charge in [-0.1, -0.05) is 6.92 Å². The molecule has 4 heteroatoms. The van der Waals surface area contributed by atoms with Crippen molar-refractivity contribution in [2.75, 3.05) is 40.0 Å². The van der Waals surface area contributed by atoms with Crippen LogP contribution in [0.5, 0.6) is 11.5 Å². The van der Waals surface area contributed by atoms with Crippen LogP contribution in [0.1, 0.15) is 19.8 Å². The summed E-state index contributed by atoms with van der Waals surface area (Å²) in [4.78, 5) is 2.38. The largest absolute Gasteiger partial charge is 0.497 e. The lowest BCUT2D eigenvalue weighted by molar-refractivity contribution is 0.0406. The van der Waals surface area contributed by atoms with Crippen LogP contribution >= 0.6 is 0 Å². The lowest BCUT2D eigenvalue weighted by Gasteiger charge is -2.39. The molecule has 0 aromatic heterocycles. The van der Waals surface area contributed by atoms with Gasteiger partial charge < -0.3 is 14.6 Å². The molecule has 112 valence electrons. The Kier molecular flexibility index (Phi) is 5.26. The summed E-state index contributed by atoms with van der Waals surface area (Å²) in [6.07, 6.45) is 2.26. The summed E-state index contributed by atoms with van der Waals surface area (Å²) in [6.45, 7) is 6.05. The number of piperidine rings is 1. The van der Waals surface area contributed by atoms with Gasteiger partial charge in [-0.2, -0.15) is 0 Å². The summed E-state index contributed by atoms with van der Waals surface area (Å²) in [5.74, 6) is 1.71. The molecule has 1 aromatic carbocycles. The maximum atomic E-state index is 9.45. The van der Waals surface area contributed by atoms with Gasteiger partial charge in [-0.25, -0.2) is 0 Å². The lowest BCUT2D eigenvalue weighted by Crippen LogP contribution is -2.44. The monoisotopic (exact) mass is 279 g/mol. The van der Waals surface area contributed by atoms with Crippen LogP contribution in [-0.4, -0.2) is 50.0 Å². The first-order chi connectivity index (χ1) is 9.65. The molecule has 20 heavy (non-hydrogen) atoms. The molecule has 1 saturated heterocycles. The first kappa shape index (κ1) is 15.1. The molecule has 0 bridgehead atoms. The van der Waals surface area contributed by atoms with Gasteiger partial charge in [0.1, 0.15) is 18.1 Å². The number of methoxy groups -OCH3 is 1. The maximum Gasteiger partial charge on any atom is 0.119 e. The highest BCUT2D eigenvalue weighted by atomic mass is 16.5. The van der Waals surface area contributed by atoms with Crippen LogP contribution in [0.2, 0.25) is 0 Å². The molecule has 4 nitrogen and oxygen atoms in total. The second-order valence-electron chi connectivity index (χ2n) is 5.87. The van der Waals surface area contributed by atoms with Gasteiger partial charge in [0.2, 0.25) is 0 Å². The van der Waals surface area contributed by atoms with Crippen LogP contribution in [0, 0.1) is 5.41 Å². The van der Waals surface area contributed by atoms with Crippen LogP contribution < -0.4 is 9.47 Å².